The lowest BCUT2D eigenvalue weighted by molar-refractivity contribution is 0.228. The quantitative estimate of drug-likeness (QED) is 0.510. The summed E-state index contributed by atoms with van der Waals surface area (Å²) < 4.78 is 0. The first-order valence-electron chi connectivity index (χ1n) is 3.71. The van der Waals surface area contributed by atoms with Crippen molar-refractivity contribution in [2.75, 3.05) is 0 Å². The van der Waals surface area contributed by atoms with Crippen molar-refractivity contribution in [2.45, 2.75) is 38.3 Å². The van der Waals surface area contributed by atoms with E-state index in [0.29, 0.717) is 5.84 Å². The zero-order valence-corrected chi connectivity index (χ0v) is 6.25. The number of aliphatic imine (C=N–C) groups is 1. The topological polar surface area (TPSA) is 58.6 Å². The van der Waals surface area contributed by atoms with Crippen LogP contribution in [-0.2, 0) is 0 Å². The molecular weight excluding hydrogens is 128 g/mol. The zero-order valence-electron chi connectivity index (χ0n) is 6.25. The van der Waals surface area contributed by atoms with Crippen LogP contribution < -0.4 is 5.73 Å². The van der Waals surface area contributed by atoms with Crippen molar-refractivity contribution in [2.24, 2.45) is 10.7 Å². The number of aliphatic hydroxyl groups is 1. The van der Waals surface area contributed by atoms with Gasteiger partial charge >= 0.3 is 0 Å². The van der Waals surface area contributed by atoms with E-state index < -0.39 is 6.10 Å². The van der Waals surface area contributed by atoms with Crippen LogP contribution in [-0.4, -0.2) is 23.1 Å². The van der Waals surface area contributed by atoms with Crippen molar-refractivity contribution in [3.05, 3.63) is 0 Å². The molecule has 0 aromatic carbocycles. The van der Waals surface area contributed by atoms with Gasteiger partial charge in [-0.05, 0) is 26.2 Å². The van der Waals surface area contributed by atoms with Crippen LogP contribution in [0.15, 0.2) is 4.99 Å². The SMILES string of the molecule is CC1CCCC(O)C(N)=N1. The van der Waals surface area contributed by atoms with E-state index in [4.69, 9.17) is 5.73 Å². The van der Waals surface area contributed by atoms with Crippen molar-refractivity contribution in [3.8, 4) is 0 Å². The Balaban J connectivity index is 2.61. The average Bonchev–Trinajstić information content (AvgIpc) is 1.96. The largest absolute Gasteiger partial charge is 0.385 e. The highest BCUT2D eigenvalue weighted by molar-refractivity contribution is 5.84. The highest BCUT2D eigenvalue weighted by Crippen LogP contribution is 2.11. The predicted molar refractivity (Wildman–Crippen MR) is 40.9 cm³/mol. The summed E-state index contributed by atoms with van der Waals surface area (Å²) in [6, 6.07) is 0.289. The van der Waals surface area contributed by atoms with Crippen LogP contribution in [0.25, 0.3) is 0 Å². The molecule has 0 saturated carbocycles. The Bertz CT molecular complexity index is 145. The molecule has 0 bridgehead atoms. The van der Waals surface area contributed by atoms with Crippen molar-refractivity contribution in [1.82, 2.24) is 0 Å². The van der Waals surface area contributed by atoms with Crippen molar-refractivity contribution in [3.63, 3.8) is 0 Å². The number of hydrogen-bond acceptors (Lipinski definition) is 3. The monoisotopic (exact) mass is 142 g/mol. The van der Waals surface area contributed by atoms with Gasteiger partial charge in [-0.2, -0.15) is 0 Å². The normalized spacial score (nSPS) is 34.8. The summed E-state index contributed by atoms with van der Waals surface area (Å²) in [5, 5.41) is 9.22. The molecule has 3 N–H and O–H groups in total. The molecule has 3 nitrogen and oxygen atoms in total. The molecule has 2 unspecified atom stereocenters. The summed E-state index contributed by atoms with van der Waals surface area (Å²) in [4.78, 5) is 4.10. The summed E-state index contributed by atoms with van der Waals surface area (Å²) in [7, 11) is 0. The highest BCUT2D eigenvalue weighted by atomic mass is 16.3. The molecule has 58 valence electrons. The van der Waals surface area contributed by atoms with Gasteiger partial charge in [0.25, 0.3) is 0 Å². The molecule has 0 aromatic heterocycles. The first-order chi connectivity index (χ1) is 4.70. The molecule has 0 radical (unpaired) electrons. The van der Waals surface area contributed by atoms with Crippen LogP contribution in [0.1, 0.15) is 26.2 Å². The lowest BCUT2D eigenvalue weighted by atomic mass is 10.1. The fourth-order valence-electron chi connectivity index (χ4n) is 1.16. The summed E-state index contributed by atoms with van der Waals surface area (Å²) >= 11 is 0. The molecule has 2 atom stereocenters. The third-order valence-electron chi connectivity index (χ3n) is 1.81. The van der Waals surface area contributed by atoms with Crippen LogP contribution in [0.3, 0.4) is 0 Å². The van der Waals surface area contributed by atoms with E-state index >= 15 is 0 Å². The summed E-state index contributed by atoms with van der Waals surface area (Å²) in [5.74, 6) is 0.407. The minimum absolute atomic E-state index is 0.289. The van der Waals surface area contributed by atoms with Crippen molar-refractivity contribution >= 4 is 5.84 Å². The van der Waals surface area contributed by atoms with Crippen LogP contribution in [0.2, 0.25) is 0 Å². The Morgan fingerprint density at radius 3 is 3.00 bits per heavy atom. The molecule has 0 saturated heterocycles. The van der Waals surface area contributed by atoms with Crippen LogP contribution >= 0.6 is 0 Å². The predicted octanol–water partition coefficient (Wildman–Crippen LogP) is 0.277. The lowest BCUT2D eigenvalue weighted by Gasteiger charge is -2.04. The number of amidine groups is 1. The summed E-state index contributed by atoms with van der Waals surface area (Å²) in [6.45, 7) is 2.02. The van der Waals surface area contributed by atoms with Gasteiger partial charge < -0.3 is 10.8 Å². The number of nitrogens with two attached hydrogens (primary N) is 1. The maximum Gasteiger partial charge on any atom is 0.123 e. The first-order valence-corrected chi connectivity index (χ1v) is 3.71. The molecule has 0 aliphatic carbocycles. The van der Waals surface area contributed by atoms with Crippen LogP contribution in [0.4, 0.5) is 0 Å². The molecular formula is C7H14N2O. The second kappa shape index (κ2) is 3.01. The maximum absolute atomic E-state index is 9.22. The molecule has 0 amide bonds. The van der Waals surface area contributed by atoms with Crippen molar-refractivity contribution in [1.29, 1.82) is 0 Å². The Morgan fingerprint density at radius 2 is 2.30 bits per heavy atom. The van der Waals surface area contributed by atoms with Gasteiger partial charge in [0.2, 0.25) is 0 Å². The van der Waals surface area contributed by atoms with E-state index in [1.807, 2.05) is 6.92 Å². The van der Waals surface area contributed by atoms with Gasteiger partial charge in [0, 0.05) is 6.04 Å². The van der Waals surface area contributed by atoms with E-state index in [2.05, 4.69) is 4.99 Å². The highest BCUT2D eigenvalue weighted by Gasteiger charge is 2.14. The van der Waals surface area contributed by atoms with Gasteiger partial charge in [-0.25, -0.2) is 0 Å². The summed E-state index contributed by atoms with van der Waals surface area (Å²) in [6.07, 6.45) is 2.33. The van der Waals surface area contributed by atoms with Crippen LogP contribution in [0.5, 0.6) is 0 Å². The molecule has 1 rings (SSSR count). The van der Waals surface area contributed by atoms with Gasteiger partial charge in [0.05, 0.1) is 0 Å². The first kappa shape index (κ1) is 7.54. The molecule has 1 heterocycles. The van der Waals surface area contributed by atoms with Gasteiger partial charge in [-0.1, -0.05) is 0 Å². The van der Waals surface area contributed by atoms with Gasteiger partial charge in [-0.3, -0.25) is 4.99 Å². The van der Waals surface area contributed by atoms with E-state index in [1.54, 1.807) is 0 Å². The maximum atomic E-state index is 9.22. The Hall–Kier alpha value is -0.570. The number of rotatable bonds is 0. The lowest BCUT2D eigenvalue weighted by Crippen LogP contribution is -2.28. The van der Waals surface area contributed by atoms with Gasteiger partial charge in [0.1, 0.15) is 11.9 Å². The second-order valence-corrected chi connectivity index (χ2v) is 2.85. The summed E-state index contributed by atoms with van der Waals surface area (Å²) in [5.41, 5.74) is 5.47. The fraction of sp³-hybridized carbons (Fsp3) is 0.857. The van der Waals surface area contributed by atoms with Gasteiger partial charge in [-0.15, -0.1) is 0 Å². The third kappa shape index (κ3) is 1.70. The minimum Gasteiger partial charge on any atom is -0.385 e. The molecule has 0 aromatic rings. The van der Waals surface area contributed by atoms with Gasteiger partial charge in [0.15, 0.2) is 0 Å². The number of hydrogen-bond donors (Lipinski definition) is 2. The Morgan fingerprint density at radius 1 is 1.60 bits per heavy atom. The minimum atomic E-state index is -0.495. The Labute approximate surface area is 61.0 Å². The number of aliphatic hydroxyl groups excluding tert-OH is 1. The second-order valence-electron chi connectivity index (χ2n) is 2.85. The van der Waals surface area contributed by atoms with Crippen LogP contribution in [0, 0.1) is 0 Å². The molecule has 1 aliphatic heterocycles. The van der Waals surface area contributed by atoms with E-state index in [9.17, 15) is 5.11 Å². The molecule has 0 fully saturated rings. The van der Waals surface area contributed by atoms with Crippen molar-refractivity contribution < 1.29 is 5.11 Å². The molecule has 1 aliphatic rings. The number of nitrogens with zero attached hydrogens (tertiary/aromatic N) is 1. The van der Waals surface area contributed by atoms with E-state index in [0.717, 1.165) is 19.3 Å². The fourth-order valence-corrected chi connectivity index (χ4v) is 1.16. The molecule has 0 spiro atoms. The smallest absolute Gasteiger partial charge is 0.123 e. The molecule has 3 heteroatoms. The van der Waals surface area contributed by atoms with E-state index in [1.165, 1.54) is 0 Å². The zero-order chi connectivity index (χ0) is 7.56. The standard InChI is InChI=1S/C7H14N2O/c1-5-3-2-4-6(10)7(8)9-5/h5-6,10H,2-4H2,1H3,(H2,8,9). The molecule has 10 heavy (non-hydrogen) atoms. The Kier molecular flexibility index (Phi) is 2.27. The van der Waals surface area contributed by atoms with E-state index in [-0.39, 0.29) is 6.04 Å². The third-order valence-corrected chi connectivity index (χ3v) is 1.81. The average molecular weight is 142 g/mol.